The number of benzene rings is 1. The summed E-state index contributed by atoms with van der Waals surface area (Å²) in [6.07, 6.45) is 4.55. The lowest BCUT2D eigenvalue weighted by atomic mass is 9.98. The number of pyridine rings is 1. The second-order valence-electron chi connectivity index (χ2n) is 7.79. The first-order valence-electron chi connectivity index (χ1n) is 10.4. The average Bonchev–Trinajstić information content (AvgIpc) is 2.77. The summed E-state index contributed by atoms with van der Waals surface area (Å²) < 4.78 is 40.3. The van der Waals surface area contributed by atoms with Gasteiger partial charge in [0.25, 0.3) is 0 Å². The van der Waals surface area contributed by atoms with Crippen LogP contribution in [0.25, 0.3) is 22.2 Å². The van der Waals surface area contributed by atoms with Crippen LogP contribution in [0, 0.1) is 6.20 Å². The molecule has 4 nitrogen and oxygen atoms in total. The first kappa shape index (κ1) is 20.7. The van der Waals surface area contributed by atoms with Crippen LogP contribution >= 0.6 is 0 Å². The van der Waals surface area contributed by atoms with Crippen LogP contribution in [0.4, 0.5) is 13.2 Å². The third kappa shape index (κ3) is 4.03. The van der Waals surface area contributed by atoms with Crippen LogP contribution < -0.4 is 0 Å². The van der Waals surface area contributed by atoms with Crippen LogP contribution in [0.15, 0.2) is 36.5 Å². The minimum Gasteiger partial charge on any atom is -0.291 e. The fourth-order valence-electron chi connectivity index (χ4n) is 4.30. The Morgan fingerprint density at radius 3 is 2.83 bits per heavy atom. The molecule has 0 N–H and O–H groups in total. The number of aromatic nitrogens is 3. The van der Waals surface area contributed by atoms with Crippen molar-refractivity contribution in [3.05, 3.63) is 54.1 Å². The number of hydrogen-bond acceptors (Lipinski definition) is 4. The molecule has 1 aliphatic heterocycles. The number of fused-ring (bicyclic) bond motifs is 1. The van der Waals surface area contributed by atoms with Gasteiger partial charge in [0.05, 0.1) is 22.8 Å². The Bertz CT molecular complexity index is 1030. The highest BCUT2D eigenvalue weighted by molar-refractivity contribution is 5.83. The van der Waals surface area contributed by atoms with Gasteiger partial charge in [0, 0.05) is 23.2 Å². The molecule has 30 heavy (non-hydrogen) atoms. The van der Waals surface area contributed by atoms with Crippen LogP contribution in [0.1, 0.15) is 57.0 Å². The van der Waals surface area contributed by atoms with Gasteiger partial charge in [0.2, 0.25) is 0 Å². The topological polar surface area (TPSA) is 41.9 Å². The molecule has 1 saturated heterocycles. The maximum Gasteiger partial charge on any atom is 0.418 e. The van der Waals surface area contributed by atoms with Crippen molar-refractivity contribution in [2.45, 2.75) is 57.8 Å². The van der Waals surface area contributed by atoms with Crippen molar-refractivity contribution >= 4 is 10.9 Å². The molecule has 1 fully saturated rings. The highest BCUT2D eigenvalue weighted by Gasteiger charge is 2.34. The Kier molecular flexibility index (Phi) is 5.73. The van der Waals surface area contributed by atoms with E-state index in [1.165, 1.54) is 25.1 Å². The molecule has 1 radical (unpaired) electrons. The Labute approximate surface area is 174 Å². The van der Waals surface area contributed by atoms with E-state index >= 15 is 0 Å². The lowest BCUT2D eigenvalue weighted by Gasteiger charge is -2.38. The van der Waals surface area contributed by atoms with Crippen molar-refractivity contribution in [1.29, 1.82) is 0 Å². The second-order valence-corrected chi connectivity index (χ2v) is 7.79. The van der Waals surface area contributed by atoms with E-state index in [2.05, 4.69) is 34.9 Å². The van der Waals surface area contributed by atoms with E-state index in [0.29, 0.717) is 28.3 Å². The van der Waals surface area contributed by atoms with Gasteiger partial charge in [-0.1, -0.05) is 19.4 Å². The molecule has 4 rings (SSSR count). The largest absolute Gasteiger partial charge is 0.418 e. The Morgan fingerprint density at radius 1 is 1.23 bits per heavy atom. The summed E-state index contributed by atoms with van der Waals surface area (Å²) in [5.41, 5.74) is 0.107. The number of alkyl halides is 3. The van der Waals surface area contributed by atoms with Gasteiger partial charge >= 0.3 is 6.18 Å². The molecule has 3 heterocycles. The Morgan fingerprint density at radius 2 is 2.07 bits per heavy atom. The maximum absolute atomic E-state index is 13.4. The number of halogens is 3. The van der Waals surface area contributed by atoms with Crippen LogP contribution in [0.3, 0.4) is 0 Å². The normalized spacial score (nSPS) is 19.2. The predicted octanol–water partition coefficient (Wildman–Crippen LogP) is 5.84. The van der Waals surface area contributed by atoms with Crippen molar-refractivity contribution in [3.63, 3.8) is 0 Å². The molecule has 1 aliphatic rings. The fourth-order valence-corrected chi connectivity index (χ4v) is 4.30. The molecule has 0 aliphatic carbocycles. The zero-order chi connectivity index (χ0) is 21.3. The number of nitrogens with zero attached hydrogens (tertiary/aromatic N) is 4. The third-order valence-corrected chi connectivity index (χ3v) is 5.93. The summed E-state index contributed by atoms with van der Waals surface area (Å²) in [7, 11) is 0. The molecule has 0 saturated carbocycles. The van der Waals surface area contributed by atoms with E-state index < -0.39 is 11.7 Å². The van der Waals surface area contributed by atoms with E-state index in [1.807, 2.05) is 0 Å². The zero-order valence-electron chi connectivity index (χ0n) is 17.1. The number of piperidine rings is 1. The van der Waals surface area contributed by atoms with Crippen molar-refractivity contribution in [2.75, 3.05) is 6.54 Å². The Hall–Kier alpha value is -2.54. The first-order chi connectivity index (χ1) is 14.4. The molecule has 2 aromatic heterocycles. The van der Waals surface area contributed by atoms with Crippen molar-refractivity contribution in [2.24, 2.45) is 0 Å². The van der Waals surface area contributed by atoms with Crippen LogP contribution in [0.2, 0.25) is 0 Å². The summed E-state index contributed by atoms with van der Waals surface area (Å²) in [5.74, 6) is 0.650. The molecule has 0 bridgehead atoms. The van der Waals surface area contributed by atoms with Gasteiger partial charge in [-0.3, -0.25) is 9.88 Å². The van der Waals surface area contributed by atoms with E-state index in [9.17, 15) is 13.2 Å². The predicted molar refractivity (Wildman–Crippen MR) is 110 cm³/mol. The molecular formula is C23H24F3N4. The van der Waals surface area contributed by atoms with Crippen LogP contribution in [-0.2, 0) is 6.18 Å². The second kappa shape index (κ2) is 8.30. The third-order valence-electron chi connectivity index (χ3n) is 5.93. The average molecular weight is 413 g/mol. The number of rotatable bonds is 4. The van der Waals surface area contributed by atoms with Crippen LogP contribution in [0.5, 0.6) is 0 Å². The van der Waals surface area contributed by atoms with E-state index in [4.69, 9.17) is 4.98 Å². The first-order valence-corrected chi connectivity index (χ1v) is 10.4. The molecule has 3 aromatic rings. The van der Waals surface area contributed by atoms with Crippen LogP contribution in [-0.4, -0.2) is 32.4 Å². The van der Waals surface area contributed by atoms with Gasteiger partial charge in [-0.15, -0.1) is 0 Å². The standard InChI is InChI=1S/C23H24F3N4/c1-3-18-7-4-5-12-30(18)15(2)22-28-14-17-10-9-16(13-20(17)29-22)21-19(23(24,25)26)8-6-11-27-21/h6,8-11,13,15,18H,3-5,7,12H2,1-2H3. The van der Waals surface area contributed by atoms with Gasteiger partial charge in [-0.05, 0) is 57.0 Å². The molecule has 2 atom stereocenters. The molecule has 157 valence electrons. The van der Waals surface area contributed by atoms with Gasteiger partial charge in [-0.25, -0.2) is 9.97 Å². The van der Waals surface area contributed by atoms with Gasteiger partial charge in [-0.2, -0.15) is 13.2 Å². The van der Waals surface area contributed by atoms with Gasteiger partial charge < -0.3 is 0 Å². The monoisotopic (exact) mass is 413 g/mol. The highest BCUT2D eigenvalue weighted by Crippen LogP contribution is 2.36. The lowest BCUT2D eigenvalue weighted by molar-refractivity contribution is -0.137. The molecular weight excluding hydrogens is 389 g/mol. The van der Waals surface area contributed by atoms with Crippen molar-refractivity contribution in [1.82, 2.24) is 19.9 Å². The molecule has 0 amide bonds. The summed E-state index contributed by atoms with van der Waals surface area (Å²) in [6.45, 7) is 5.29. The summed E-state index contributed by atoms with van der Waals surface area (Å²) >= 11 is 0. The van der Waals surface area contributed by atoms with Gasteiger partial charge in [0.15, 0.2) is 0 Å². The molecule has 7 heteroatoms. The minimum absolute atomic E-state index is 0.0279. The molecule has 2 unspecified atom stereocenters. The molecule has 1 aromatic carbocycles. The summed E-state index contributed by atoms with van der Waals surface area (Å²) in [6, 6.07) is 7.83. The maximum atomic E-state index is 13.4. The smallest absolute Gasteiger partial charge is 0.291 e. The van der Waals surface area contributed by atoms with Crippen molar-refractivity contribution < 1.29 is 13.2 Å². The molecule has 0 spiro atoms. The van der Waals surface area contributed by atoms with Crippen molar-refractivity contribution in [3.8, 4) is 11.3 Å². The zero-order valence-corrected chi connectivity index (χ0v) is 17.1. The van der Waals surface area contributed by atoms with Gasteiger partial charge in [0.1, 0.15) is 12.0 Å². The van der Waals surface area contributed by atoms with E-state index in [1.54, 1.807) is 18.2 Å². The SMILES string of the molecule is CCC1CCCCN1C(C)c1n[c]c2ccc(-c3ncccc3C(F)(F)F)cc2n1. The fraction of sp³-hybridized carbons (Fsp3) is 0.435. The summed E-state index contributed by atoms with van der Waals surface area (Å²) in [4.78, 5) is 15.6. The number of likely N-dealkylation sites (tertiary alicyclic amines) is 1. The number of hydrogen-bond donors (Lipinski definition) is 0. The summed E-state index contributed by atoms with van der Waals surface area (Å²) in [5, 5.41) is 0.671. The van der Waals surface area contributed by atoms with E-state index in [0.717, 1.165) is 25.5 Å². The minimum atomic E-state index is -4.47. The quantitative estimate of drug-likeness (QED) is 0.539. The Balaban J connectivity index is 1.72. The van der Waals surface area contributed by atoms with E-state index in [-0.39, 0.29) is 11.7 Å². The highest BCUT2D eigenvalue weighted by atomic mass is 19.4. The lowest BCUT2D eigenvalue weighted by Crippen LogP contribution is -2.41.